The van der Waals surface area contributed by atoms with E-state index in [0.717, 1.165) is 21.8 Å². The standard InChI is InChI=1S/C19H23N3O5S2/c1-4-29(25,26)21-16-9-5-14(6-10-16)18-13-19(22(20-18)28(3,23)24)15-7-11-17(27-2)12-8-15/h5-12,19,21H,4,13H2,1-3H3. The van der Waals surface area contributed by atoms with Crippen molar-refractivity contribution in [2.75, 3.05) is 23.8 Å². The Bertz CT molecular complexity index is 1110. The van der Waals surface area contributed by atoms with Crippen molar-refractivity contribution in [2.24, 2.45) is 5.10 Å². The third-order valence-electron chi connectivity index (χ3n) is 4.58. The van der Waals surface area contributed by atoms with E-state index in [2.05, 4.69) is 9.82 Å². The molecule has 0 aliphatic carbocycles. The zero-order valence-corrected chi connectivity index (χ0v) is 18.0. The minimum atomic E-state index is -3.57. The minimum absolute atomic E-state index is 0.0195. The Morgan fingerprint density at radius 1 is 1.07 bits per heavy atom. The monoisotopic (exact) mass is 437 g/mol. The Labute approximate surface area is 171 Å². The van der Waals surface area contributed by atoms with Crippen molar-refractivity contribution in [1.29, 1.82) is 0 Å². The minimum Gasteiger partial charge on any atom is -0.497 e. The molecule has 0 fully saturated rings. The summed E-state index contributed by atoms with van der Waals surface area (Å²) in [5.74, 6) is 0.665. The first-order valence-electron chi connectivity index (χ1n) is 8.94. The number of rotatable bonds is 7. The molecule has 29 heavy (non-hydrogen) atoms. The van der Waals surface area contributed by atoms with E-state index >= 15 is 0 Å². The summed E-state index contributed by atoms with van der Waals surface area (Å²) in [6.07, 6.45) is 1.53. The lowest BCUT2D eigenvalue weighted by molar-refractivity contribution is 0.374. The van der Waals surface area contributed by atoms with Crippen LogP contribution in [0, 0.1) is 0 Å². The third-order valence-corrected chi connectivity index (χ3v) is 6.91. The molecule has 1 N–H and O–H groups in total. The van der Waals surface area contributed by atoms with E-state index < -0.39 is 26.1 Å². The lowest BCUT2D eigenvalue weighted by atomic mass is 9.99. The predicted molar refractivity (Wildman–Crippen MR) is 113 cm³/mol. The van der Waals surface area contributed by atoms with E-state index in [1.807, 2.05) is 12.1 Å². The van der Waals surface area contributed by atoms with Crippen molar-refractivity contribution in [2.45, 2.75) is 19.4 Å². The van der Waals surface area contributed by atoms with Gasteiger partial charge >= 0.3 is 0 Å². The molecule has 10 heteroatoms. The molecule has 0 spiro atoms. The van der Waals surface area contributed by atoms with Crippen LogP contribution in [-0.2, 0) is 20.0 Å². The fourth-order valence-corrected chi connectivity index (χ4v) is 4.57. The lowest BCUT2D eigenvalue weighted by Crippen LogP contribution is -2.25. The van der Waals surface area contributed by atoms with Gasteiger partial charge in [0, 0.05) is 12.1 Å². The van der Waals surface area contributed by atoms with Gasteiger partial charge in [-0.05, 0) is 42.3 Å². The molecule has 1 unspecified atom stereocenters. The topological polar surface area (TPSA) is 105 Å². The van der Waals surface area contributed by atoms with Crippen LogP contribution < -0.4 is 9.46 Å². The Hall–Kier alpha value is -2.59. The van der Waals surface area contributed by atoms with Crippen LogP contribution in [0.1, 0.15) is 30.5 Å². The molecular weight excluding hydrogens is 414 g/mol. The molecular formula is C19H23N3O5S2. The van der Waals surface area contributed by atoms with Gasteiger partial charge in [0.1, 0.15) is 5.75 Å². The number of hydrogen-bond donors (Lipinski definition) is 1. The molecule has 3 rings (SSSR count). The zero-order valence-electron chi connectivity index (χ0n) is 16.4. The molecule has 0 amide bonds. The molecule has 0 bridgehead atoms. The zero-order chi connectivity index (χ0) is 21.2. The molecule has 0 saturated heterocycles. The average molecular weight is 438 g/mol. The summed E-state index contributed by atoms with van der Waals surface area (Å²) in [7, 11) is -5.36. The van der Waals surface area contributed by atoms with Crippen molar-refractivity contribution in [3.63, 3.8) is 0 Å². The van der Waals surface area contributed by atoms with Crippen LogP contribution in [0.2, 0.25) is 0 Å². The van der Waals surface area contributed by atoms with Crippen molar-refractivity contribution in [3.05, 3.63) is 59.7 Å². The van der Waals surface area contributed by atoms with Gasteiger partial charge in [0.15, 0.2) is 0 Å². The van der Waals surface area contributed by atoms with Gasteiger partial charge in [-0.25, -0.2) is 16.8 Å². The van der Waals surface area contributed by atoms with E-state index in [-0.39, 0.29) is 5.75 Å². The molecule has 8 nitrogen and oxygen atoms in total. The predicted octanol–water partition coefficient (Wildman–Crippen LogP) is 2.57. The normalized spacial score (nSPS) is 17.1. The van der Waals surface area contributed by atoms with Crippen LogP contribution in [-0.4, -0.2) is 46.1 Å². The average Bonchev–Trinajstić information content (AvgIpc) is 3.14. The second-order valence-electron chi connectivity index (χ2n) is 6.66. The highest BCUT2D eigenvalue weighted by Gasteiger charge is 2.34. The maximum absolute atomic E-state index is 12.3. The fraction of sp³-hybridized carbons (Fsp3) is 0.316. The summed E-state index contributed by atoms with van der Waals surface area (Å²) in [6.45, 7) is 1.56. The van der Waals surface area contributed by atoms with Crippen LogP contribution in [0.15, 0.2) is 53.6 Å². The largest absolute Gasteiger partial charge is 0.497 e. The third kappa shape index (κ3) is 4.88. The number of hydrazone groups is 1. The Balaban J connectivity index is 1.88. The number of methoxy groups -OCH3 is 1. The van der Waals surface area contributed by atoms with Crippen LogP contribution in [0.5, 0.6) is 5.75 Å². The Morgan fingerprint density at radius 3 is 2.21 bits per heavy atom. The van der Waals surface area contributed by atoms with Crippen LogP contribution in [0.3, 0.4) is 0 Å². The second-order valence-corrected chi connectivity index (χ2v) is 10.5. The lowest BCUT2D eigenvalue weighted by Gasteiger charge is -2.21. The van der Waals surface area contributed by atoms with Gasteiger partial charge in [0.25, 0.3) is 0 Å². The molecule has 156 valence electrons. The number of ether oxygens (including phenoxy) is 1. The quantitative estimate of drug-likeness (QED) is 0.717. The number of nitrogens with one attached hydrogen (secondary N) is 1. The molecule has 2 aromatic rings. The summed E-state index contributed by atoms with van der Waals surface area (Å²) in [5, 5.41) is 4.34. The first kappa shape index (κ1) is 21.1. The molecule has 1 atom stereocenters. The first-order chi connectivity index (χ1) is 13.6. The van der Waals surface area contributed by atoms with Crippen LogP contribution in [0.4, 0.5) is 5.69 Å². The van der Waals surface area contributed by atoms with E-state index in [1.54, 1.807) is 50.4 Å². The molecule has 0 saturated carbocycles. The number of benzene rings is 2. The van der Waals surface area contributed by atoms with Crippen molar-refractivity contribution in [3.8, 4) is 5.75 Å². The SMILES string of the molecule is CCS(=O)(=O)Nc1ccc(C2=NN(S(C)(=O)=O)C(c3ccc(OC)cc3)C2)cc1. The van der Waals surface area contributed by atoms with Gasteiger partial charge in [0.2, 0.25) is 20.0 Å². The first-order valence-corrected chi connectivity index (χ1v) is 12.4. The number of nitrogens with zero attached hydrogens (tertiary/aromatic N) is 2. The highest BCUT2D eigenvalue weighted by atomic mass is 32.2. The smallest absolute Gasteiger partial charge is 0.247 e. The summed E-state index contributed by atoms with van der Waals surface area (Å²) in [6, 6.07) is 13.5. The molecule has 0 aromatic heterocycles. The molecule has 0 radical (unpaired) electrons. The van der Waals surface area contributed by atoms with Crippen LogP contribution in [0.25, 0.3) is 0 Å². The second kappa shape index (κ2) is 8.03. The van der Waals surface area contributed by atoms with E-state index in [0.29, 0.717) is 23.6 Å². The van der Waals surface area contributed by atoms with Crippen molar-refractivity contribution >= 4 is 31.4 Å². The van der Waals surface area contributed by atoms with Gasteiger partial charge in [-0.2, -0.15) is 9.52 Å². The Morgan fingerprint density at radius 2 is 1.69 bits per heavy atom. The maximum atomic E-state index is 12.3. The van der Waals surface area contributed by atoms with Gasteiger partial charge in [-0.15, -0.1) is 0 Å². The van der Waals surface area contributed by atoms with Crippen molar-refractivity contribution in [1.82, 2.24) is 4.41 Å². The Kier molecular flexibility index (Phi) is 5.85. The molecule has 2 aromatic carbocycles. The number of hydrogen-bond acceptors (Lipinski definition) is 6. The maximum Gasteiger partial charge on any atom is 0.247 e. The van der Waals surface area contributed by atoms with E-state index in [1.165, 1.54) is 0 Å². The summed E-state index contributed by atoms with van der Waals surface area (Å²) in [5.41, 5.74) is 2.60. The van der Waals surface area contributed by atoms with Gasteiger partial charge < -0.3 is 4.74 Å². The van der Waals surface area contributed by atoms with Crippen molar-refractivity contribution < 1.29 is 21.6 Å². The molecule has 1 heterocycles. The highest BCUT2D eigenvalue weighted by molar-refractivity contribution is 7.92. The number of sulfonamides is 2. The molecule has 1 aliphatic rings. The highest BCUT2D eigenvalue weighted by Crippen LogP contribution is 2.35. The summed E-state index contributed by atoms with van der Waals surface area (Å²) < 4.78 is 56.7. The van der Waals surface area contributed by atoms with Crippen LogP contribution >= 0.6 is 0 Å². The summed E-state index contributed by atoms with van der Waals surface area (Å²) >= 11 is 0. The van der Waals surface area contributed by atoms with Gasteiger partial charge in [0.05, 0.1) is 30.9 Å². The van der Waals surface area contributed by atoms with Gasteiger partial charge in [-0.3, -0.25) is 4.72 Å². The van der Waals surface area contributed by atoms with E-state index in [9.17, 15) is 16.8 Å². The fourth-order valence-electron chi connectivity index (χ4n) is 3.03. The van der Waals surface area contributed by atoms with Gasteiger partial charge in [-0.1, -0.05) is 24.3 Å². The molecule has 1 aliphatic heterocycles. The summed E-state index contributed by atoms with van der Waals surface area (Å²) in [4.78, 5) is 0. The van der Waals surface area contributed by atoms with E-state index in [4.69, 9.17) is 4.74 Å². The number of anilines is 1.